The van der Waals surface area contributed by atoms with Crippen molar-refractivity contribution in [1.82, 2.24) is 4.90 Å². The van der Waals surface area contributed by atoms with Crippen molar-refractivity contribution < 1.29 is 28.5 Å². The lowest BCUT2D eigenvalue weighted by molar-refractivity contribution is -0.146. The first kappa shape index (κ1) is 48.9. The Hall–Kier alpha value is -2.12. The van der Waals surface area contributed by atoms with Gasteiger partial charge >= 0.3 is 12.1 Å². The van der Waals surface area contributed by atoms with Crippen molar-refractivity contribution in [3.05, 3.63) is 36.5 Å². The second-order valence-electron chi connectivity index (χ2n) is 14.4. The minimum absolute atomic E-state index is 0.0187. The van der Waals surface area contributed by atoms with E-state index in [9.17, 15) is 9.59 Å². The van der Waals surface area contributed by atoms with Gasteiger partial charge in [0.1, 0.15) is 12.2 Å². The monoisotopic (exact) mass is 720 g/mol. The normalized spacial score (nSPS) is 13.1. The third-order valence-electron chi connectivity index (χ3n) is 8.95. The Morgan fingerprint density at radius 2 is 1.12 bits per heavy atom. The molecule has 51 heavy (non-hydrogen) atoms. The molecule has 0 aromatic heterocycles. The standard InChI is InChI=1S/C44H81NO6/c1-6-8-10-11-12-13-14-15-16-17-18-19-21-25-28-31-36-43(51-44(47)49-39-33-37-45(4)5)40-48-38-32-29-26-23-20-22-24-27-30-35-42(34-9-7-2)50-41(3)46/h12-13,15-16,27,30,42-43H,6-11,14,17-26,28-29,31-40H2,1-5H3/b13-12-,16-15-,30-27-/t42-,43?/m1/s1. The molecule has 0 aliphatic rings. The molecule has 0 saturated heterocycles. The lowest BCUT2D eigenvalue weighted by atomic mass is 10.1. The molecule has 0 N–H and O–H groups in total. The second-order valence-corrected chi connectivity index (χ2v) is 14.4. The van der Waals surface area contributed by atoms with Crippen LogP contribution < -0.4 is 0 Å². The van der Waals surface area contributed by atoms with Gasteiger partial charge in [-0.3, -0.25) is 4.79 Å². The largest absolute Gasteiger partial charge is 0.508 e. The van der Waals surface area contributed by atoms with E-state index >= 15 is 0 Å². The first-order valence-electron chi connectivity index (χ1n) is 21.1. The molecule has 298 valence electrons. The number of nitrogens with zero attached hydrogens (tertiary/aromatic N) is 1. The Labute approximate surface area is 315 Å². The summed E-state index contributed by atoms with van der Waals surface area (Å²) < 4.78 is 22.4. The van der Waals surface area contributed by atoms with Gasteiger partial charge in [0.15, 0.2) is 0 Å². The molecule has 0 saturated carbocycles. The van der Waals surface area contributed by atoms with Crippen LogP contribution in [-0.4, -0.2) is 69.7 Å². The number of carbonyl (C=O) groups is 2. The van der Waals surface area contributed by atoms with Crippen LogP contribution in [0.25, 0.3) is 0 Å². The van der Waals surface area contributed by atoms with Crippen molar-refractivity contribution in [3.8, 4) is 0 Å². The lowest BCUT2D eigenvalue weighted by Crippen LogP contribution is -2.25. The fraction of sp³-hybridized carbons (Fsp3) is 0.818. The number of esters is 1. The molecule has 0 heterocycles. The van der Waals surface area contributed by atoms with Gasteiger partial charge in [-0.2, -0.15) is 0 Å². The van der Waals surface area contributed by atoms with Crippen molar-refractivity contribution in [2.45, 2.75) is 193 Å². The Bertz CT molecular complexity index is 855. The molecule has 7 nitrogen and oxygen atoms in total. The van der Waals surface area contributed by atoms with E-state index in [1.165, 1.54) is 90.4 Å². The maximum absolute atomic E-state index is 12.3. The summed E-state index contributed by atoms with van der Waals surface area (Å²) in [4.78, 5) is 25.7. The zero-order valence-electron chi connectivity index (χ0n) is 34.0. The van der Waals surface area contributed by atoms with Crippen molar-refractivity contribution in [1.29, 1.82) is 0 Å². The van der Waals surface area contributed by atoms with Crippen LogP contribution in [0.1, 0.15) is 181 Å². The van der Waals surface area contributed by atoms with Crippen LogP contribution in [0, 0.1) is 0 Å². The van der Waals surface area contributed by atoms with Gasteiger partial charge in [0.05, 0.1) is 13.2 Å². The Morgan fingerprint density at radius 1 is 0.569 bits per heavy atom. The Morgan fingerprint density at radius 3 is 1.73 bits per heavy atom. The van der Waals surface area contributed by atoms with Gasteiger partial charge in [-0.25, -0.2) is 4.79 Å². The molecule has 0 aromatic rings. The van der Waals surface area contributed by atoms with Crippen LogP contribution in [0.15, 0.2) is 36.5 Å². The molecule has 0 aromatic carbocycles. The highest BCUT2D eigenvalue weighted by atomic mass is 16.7. The number of rotatable bonds is 37. The molecule has 0 spiro atoms. The maximum atomic E-state index is 12.3. The predicted octanol–water partition coefficient (Wildman–Crippen LogP) is 12.5. The fourth-order valence-electron chi connectivity index (χ4n) is 5.89. The highest BCUT2D eigenvalue weighted by Gasteiger charge is 2.16. The van der Waals surface area contributed by atoms with Crippen LogP contribution in [0.5, 0.6) is 0 Å². The first-order chi connectivity index (χ1) is 24.9. The molecule has 0 bridgehead atoms. The molecular formula is C44H81NO6. The molecule has 0 aliphatic heterocycles. The van der Waals surface area contributed by atoms with Gasteiger partial charge in [0.25, 0.3) is 0 Å². The van der Waals surface area contributed by atoms with Crippen molar-refractivity contribution >= 4 is 12.1 Å². The van der Waals surface area contributed by atoms with E-state index < -0.39 is 6.16 Å². The number of unbranched alkanes of at least 4 members (excludes halogenated alkanes) is 16. The molecule has 0 radical (unpaired) electrons. The number of ether oxygens (including phenoxy) is 4. The van der Waals surface area contributed by atoms with Crippen molar-refractivity contribution in [2.75, 3.05) is 40.5 Å². The van der Waals surface area contributed by atoms with Gasteiger partial charge in [0.2, 0.25) is 0 Å². The number of hydrogen-bond donors (Lipinski definition) is 0. The Balaban J connectivity index is 4.12. The third kappa shape index (κ3) is 38.9. The molecule has 0 aliphatic carbocycles. The van der Waals surface area contributed by atoms with Crippen LogP contribution in [0.3, 0.4) is 0 Å². The van der Waals surface area contributed by atoms with Crippen LogP contribution in [0.2, 0.25) is 0 Å². The summed E-state index contributed by atoms with van der Waals surface area (Å²) in [7, 11) is 4.03. The van der Waals surface area contributed by atoms with Gasteiger partial charge in [-0.1, -0.05) is 127 Å². The highest BCUT2D eigenvalue weighted by Crippen LogP contribution is 2.15. The zero-order chi connectivity index (χ0) is 37.5. The van der Waals surface area contributed by atoms with Gasteiger partial charge < -0.3 is 23.8 Å². The topological polar surface area (TPSA) is 74.3 Å². The SMILES string of the molecule is CCCCC/C=C\C/C=C\CCCCCCCCC(COCCCCCCCC/C=C\C[C@@H](CCCC)OC(C)=O)OC(=O)OCCCN(C)C. The van der Waals surface area contributed by atoms with Crippen molar-refractivity contribution in [3.63, 3.8) is 0 Å². The van der Waals surface area contributed by atoms with E-state index in [0.29, 0.717) is 19.8 Å². The predicted molar refractivity (Wildman–Crippen MR) is 215 cm³/mol. The summed E-state index contributed by atoms with van der Waals surface area (Å²) >= 11 is 0. The van der Waals surface area contributed by atoms with Crippen LogP contribution in [0.4, 0.5) is 4.79 Å². The number of carbonyl (C=O) groups excluding carboxylic acids is 2. The summed E-state index contributed by atoms with van der Waals surface area (Å²) in [5.41, 5.74) is 0. The summed E-state index contributed by atoms with van der Waals surface area (Å²) in [5.74, 6) is -0.183. The van der Waals surface area contributed by atoms with E-state index in [1.54, 1.807) is 0 Å². The number of allylic oxidation sites excluding steroid dienone is 5. The van der Waals surface area contributed by atoms with Gasteiger partial charge in [-0.05, 0) is 91.1 Å². The average molecular weight is 720 g/mol. The summed E-state index contributed by atoms with van der Waals surface area (Å²) in [6.45, 7) is 8.30. The van der Waals surface area contributed by atoms with Crippen molar-refractivity contribution in [2.24, 2.45) is 0 Å². The van der Waals surface area contributed by atoms with Crippen LogP contribution in [-0.2, 0) is 23.7 Å². The van der Waals surface area contributed by atoms with E-state index in [1.807, 2.05) is 14.1 Å². The maximum Gasteiger partial charge on any atom is 0.508 e. The van der Waals surface area contributed by atoms with E-state index in [2.05, 4.69) is 55.2 Å². The van der Waals surface area contributed by atoms with Gasteiger partial charge in [0, 0.05) is 26.5 Å². The number of hydrogen-bond acceptors (Lipinski definition) is 7. The smallest absolute Gasteiger partial charge is 0.462 e. The lowest BCUT2D eigenvalue weighted by Gasteiger charge is -2.18. The summed E-state index contributed by atoms with van der Waals surface area (Å²) in [6.07, 6.45) is 41.2. The third-order valence-corrected chi connectivity index (χ3v) is 8.95. The second kappa shape index (κ2) is 39.1. The average Bonchev–Trinajstić information content (AvgIpc) is 3.10. The zero-order valence-corrected chi connectivity index (χ0v) is 34.0. The minimum Gasteiger partial charge on any atom is -0.462 e. The molecule has 0 amide bonds. The minimum atomic E-state index is -0.571. The molecule has 0 fully saturated rings. The van der Waals surface area contributed by atoms with E-state index in [-0.39, 0.29) is 18.2 Å². The molecule has 0 rings (SSSR count). The molecule has 2 atom stereocenters. The summed E-state index contributed by atoms with van der Waals surface area (Å²) in [6, 6.07) is 0. The van der Waals surface area contributed by atoms with Crippen LogP contribution >= 0.6 is 0 Å². The molecule has 7 heteroatoms. The molecule has 1 unspecified atom stereocenters. The molecular weight excluding hydrogens is 638 g/mol. The highest BCUT2D eigenvalue weighted by molar-refractivity contribution is 5.66. The Kier molecular flexibility index (Phi) is 37.5. The van der Waals surface area contributed by atoms with E-state index in [0.717, 1.165) is 83.6 Å². The fourth-order valence-corrected chi connectivity index (χ4v) is 5.89. The van der Waals surface area contributed by atoms with Gasteiger partial charge in [-0.15, -0.1) is 0 Å². The first-order valence-corrected chi connectivity index (χ1v) is 21.1. The summed E-state index contributed by atoms with van der Waals surface area (Å²) in [5, 5.41) is 0. The quantitative estimate of drug-likeness (QED) is 0.0359. The van der Waals surface area contributed by atoms with E-state index in [4.69, 9.17) is 18.9 Å².